The molecule has 1 aliphatic heterocycles. The molecular weight excluding hydrogens is 264 g/mol. The van der Waals surface area contributed by atoms with Gasteiger partial charge in [-0.25, -0.2) is 9.59 Å². The van der Waals surface area contributed by atoms with Crippen molar-refractivity contribution in [3.63, 3.8) is 0 Å². The van der Waals surface area contributed by atoms with Gasteiger partial charge in [0.05, 0.1) is 19.3 Å². The second-order valence-electron chi connectivity index (χ2n) is 4.41. The molecule has 2 rings (SSSR count). The van der Waals surface area contributed by atoms with E-state index in [0.717, 1.165) is 0 Å². The first-order chi connectivity index (χ1) is 9.65. The molecule has 0 bridgehead atoms. The third-order valence-electron chi connectivity index (χ3n) is 3.11. The summed E-state index contributed by atoms with van der Waals surface area (Å²) in [5.41, 5.74) is 0.408. The van der Waals surface area contributed by atoms with E-state index in [0.29, 0.717) is 5.56 Å². The Balaban J connectivity index is 2.01. The number of hydrogen-bond donors (Lipinski definition) is 1. The van der Waals surface area contributed by atoms with E-state index in [1.165, 1.54) is 7.11 Å². The van der Waals surface area contributed by atoms with Crippen LogP contribution in [-0.4, -0.2) is 49.1 Å². The molecule has 1 fully saturated rings. The Hall–Kier alpha value is -1.92. The summed E-state index contributed by atoms with van der Waals surface area (Å²) < 4.78 is 15.2. The van der Waals surface area contributed by atoms with E-state index in [9.17, 15) is 14.7 Å². The van der Waals surface area contributed by atoms with E-state index >= 15 is 0 Å². The molecule has 1 N–H and O–H groups in total. The van der Waals surface area contributed by atoms with Gasteiger partial charge in [-0.15, -0.1) is 0 Å². The largest absolute Gasteiger partial charge is 0.467 e. The maximum atomic E-state index is 11.9. The maximum absolute atomic E-state index is 11.9. The number of aliphatic hydroxyl groups excluding tert-OH is 1. The monoisotopic (exact) mass is 280 g/mol. The first-order valence-corrected chi connectivity index (χ1v) is 6.26. The summed E-state index contributed by atoms with van der Waals surface area (Å²) in [6.07, 6.45) is -2.02. The topological polar surface area (TPSA) is 82.1 Å². The first kappa shape index (κ1) is 14.5. The number of aliphatic hydroxyl groups is 1. The highest BCUT2D eigenvalue weighted by Gasteiger charge is 2.41. The van der Waals surface area contributed by atoms with Crippen molar-refractivity contribution in [2.45, 2.75) is 24.7 Å². The van der Waals surface area contributed by atoms with Crippen molar-refractivity contribution < 1.29 is 28.9 Å². The third kappa shape index (κ3) is 3.15. The molecular formula is C14H16O6. The van der Waals surface area contributed by atoms with Gasteiger partial charge >= 0.3 is 11.9 Å². The zero-order chi connectivity index (χ0) is 14.5. The molecule has 108 valence electrons. The number of methoxy groups -OCH3 is 1. The van der Waals surface area contributed by atoms with Crippen LogP contribution in [0.5, 0.6) is 0 Å². The number of benzene rings is 1. The van der Waals surface area contributed by atoms with Crippen LogP contribution in [0.3, 0.4) is 0 Å². The number of carbonyl (C=O) groups is 2. The SMILES string of the molecule is COC(=O)[C@H]1C[C@H](OC(=O)c2ccccc2)[C@@H](CO)O1. The molecule has 6 nitrogen and oxygen atoms in total. The fourth-order valence-electron chi connectivity index (χ4n) is 2.06. The predicted octanol–water partition coefficient (Wildman–Crippen LogP) is 0.535. The van der Waals surface area contributed by atoms with Gasteiger partial charge in [0.15, 0.2) is 6.10 Å². The highest BCUT2D eigenvalue weighted by Crippen LogP contribution is 2.25. The smallest absolute Gasteiger partial charge is 0.338 e. The van der Waals surface area contributed by atoms with E-state index in [1.54, 1.807) is 30.3 Å². The molecule has 3 atom stereocenters. The van der Waals surface area contributed by atoms with Crippen LogP contribution in [0, 0.1) is 0 Å². The lowest BCUT2D eigenvalue weighted by molar-refractivity contribution is -0.154. The van der Waals surface area contributed by atoms with E-state index in [2.05, 4.69) is 4.74 Å². The highest BCUT2D eigenvalue weighted by atomic mass is 16.6. The van der Waals surface area contributed by atoms with Crippen molar-refractivity contribution in [2.24, 2.45) is 0 Å². The van der Waals surface area contributed by atoms with Gasteiger partial charge < -0.3 is 19.3 Å². The number of carbonyl (C=O) groups excluding carboxylic acids is 2. The quantitative estimate of drug-likeness (QED) is 0.810. The third-order valence-corrected chi connectivity index (χ3v) is 3.11. The van der Waals surface area contributed by atoms with Crippen molar-refractivity contribution in [2.75, 3.05) is 13.7 Å². The molecule has 0 unspecified atom stereocenters. The Labute approximate surface area is 116 Å². The molecule has 20 heavy (non-hydrogen) atoms. The zero-order valence-electron chi connectivity index (χ0n) is 11.0. The minimum atomic E-state index is -0.814. The lowest BCUT2D eigenvalue weighted by Crippen LogP contribution is -2.30. The van der Waals surface area contributed by atoms with Gasteiger partial charge in [0, 0.05) is 6.42 Å². The molecule has 0 amide bonds. The van der Waals surface area contributed by atoms with Gasteiger partial charge in [-0.05, 0) is 12.1 Å². The number of ether oxygens (including phenoxy) is 3. The van der Waals surface area contributed by atoms with Crippen molar-refractivity contribution in [1.82, 2.24) is 0 Å². The summed E-state index contributed by atoms with van der Waals surface area (Å²) in [6, 6.07) is 8.50. The van der Waals surface area contributed by atoms with Crippen molar-refractivity contribution in [3.05, 3.63) is 35.9 Å². The standard InChI is InChI=1S/C14H16O6/c1-18-14(17)11-7-10(12(8-15)19-11)20-13(16)9-5-3-2-4-6-9/h2-6,10-12,15H,7-8H2,1H3/t10-,11+,12+/m0/s1. The number of esters is 2. The molecule has 1 aromatic rings. The van der Waals surface area contributed by atoms with Crippen LogP contribution in [0.4, 0.5) is 0 Å². The van der Waals surface area contributed by atoms with Gasteiger partial charge in [-0.3, -0.25) is 0 Å². The summed E-state index contributed by atoms with van der Waals surface area (Å²) in [4.78, 5) is 23.3. The fourth-order valence-corrected chi connectivity index (χ4v) is 2.06. The van der Waals surface area contributed by atoms with E-state index in [4.69, 9.17) is 9.47 Å². The molecule has 0 radical (unpaired) electrons. The molecule has 1 aliphatic rings. The minimum Gasteiger partial charge on any atom is -0.467 e. The zero-order valence-corrected chi connectivity index (χ0v) is 11.0. The fraction of sp³-hybridized carbons (Fsp3) is 0.429. The average Bonchev–Trinajstić information content (AvgIpc) is 2.90. The predicted molar refractivity (Wildman–Crippen MR) is 68.0 cm³/mol. The van der Waals surface area contributed by atoms with Gasteiger partial charge in [0.2, 0.25) is 0 Å². The lowest BCUT2D eigenvalue weighted by atomic mass is 10.1. The van der Waals surface area contributed by atoms with E-state index in [1.807, 2.05) is 0 Å². The van der Waals surface area contributed by atoms with E-state index in [-0.39, 0.29) is 13.0 Å². The van der Waals surface area contributed by atoms with Gasteiger partial charge in [-0.1, -0.05) is 18.2 Å². The molecule has 1 aromatic carbocycles. The minimum absolute atomic E-state index is 0.177. The summed E-state index contributed by atoms with van der Waals surface area (Å²) in [6.45, 7) is -0.333. The molecule has 1 saturated heterocycles. The normalized spacial score (nSPS) is 25.2. The van der Waals surface area contributed by atoms with Crippen LogP contribution in [0.1, 0.15) is 16.8 Å². The van der Waals surface area contributed by atoms with Gasteiger partial charge in [0.1, 0.15) is 12.2 Å². The van der Waals surface area contributed by atoms with Crippen molar-refractivity contribution in [3.8, 4) is 0 Å². The second kappa shape index (κ2) is 6.49. The molecule has 0 saturated carbocycles. The highest BCUT2D eigenvalue weighted by molar-refractivity contribution is 5.89. The Morgan fingerprint density at radius 2 is 2.05 bits per heavy atom. The van der Waals surface area contributed by atoms with Crippen molar-refractivity contribution >= 4 is 11.9 Å². The number of hydrogen-bond acceptors (Lipinski definition) is 6. The van der Waals surface area contributed by atoms with Gasteiger partial charge in [0.25, 0.3) is 0 Å². The number of rotatable bonds is 4. The van der Waals surface area contributed by atoms with Crippen LogP contribution in [0.15, 0.2) is 30.3 Å². The maximum Gasteiger partial charge on any atom is 0.338 e. The molecule has 6 heteroatoms. The van der Waals surface area contributed by atoms with Crippen molar-refractivity contribution in [1.29, 1.82) is 0 Å². The van der Waals surface area contributed by atoms with Gasteiger partial charge in [-0.2, -0.15) is 0 Å². The summed E-state index contributed by atoms with van der Waals surface area (Å²) in [5, 5.41) is 9.22. The van der Waals surface area contributed by atoms with E-state index < -0.39 is 30.3 Å². The van der Waals surface area contributed by atoms with Crippen LogP contribution < -0.4 is 0 Å². The average molecular weight is 280 g/mol. The van der Waals surface area contributed by atoms with Crippen LogP contribution in [0.25, 0.3) is 0 Å². The molecule has 0 aliphatic carbocycles. The molecule has 0 spiro atoms. The molecule has 1 heterocycles. The van der Waals surface area contributed by atoms with Crippen LogP contribution in [0.2, 0.25) is 0 Å². The first-order valence-electron chi connectivity index (χ1n) is 6.26. The van der Waals surface area contributed by atoms with Crippen LogP contribution >= 0.6 is 0 Å². The summed E-state index contributed by atoms with van der Waals surface area (Å²) >= 11 is 0. The Morgan fingerprint density at radius 1 is 1.35 bits per heavy atom. The lowest BCUT2D eigenvalue weighted by Gasteiger charge is -2.16. The van der Waals surface area contributed by atoms with Crippen LogP contribution in [-0.2, 0) is 19.0 Å². The molecule has 0 aromatic heterocycles. The Kier molecular flexibility index (Phi) is 4.70. The summed E-state index contributed by atoms with van der Waals surface area (Å²) in [5.74, 6) is -1.05. The summed E-state index contributed by atoms with van der Waals surface area (Å²) in [7, 11) is 1.25. The second-order valence-corrected chi connectivity index (χ2v) is 4.41. The Morgan fingerprint density at radius 3 is 2.65 bits per heavy atom. The Bertz CT molecular complexity index is 472.